The summed E-state index contributed by atoms with van der Waals surface area (Å²) in [7, 11) is 0. The normalized spacial score (nSPS) is 19.2. The van der Waals surface area contributed by atoms with Crippen molar-refractivity contribution in [1.29, 1.82) is 0 Å². The number of aliphatic hydroxyl groups is 1. The fourth-order valence-corrected chi connectivity index (χ4v) is 2.95. The lowest BCUT2D eigenvalue weighted by atomic mass is 9.92. The van der Waals surface area contributed by atoms with Gasteiger partial charge in [-0.2, -0.15) is 4.98 Å². The molecule has 0 aliphatic carbocycles. The van der Waals surface area contributed by atoms with Gasteiger partial charge in [-0.15, -0.1) is 11.3 Å². The monoisotopic (exact) mass is 330 g/mol. The van der Waals surface area contributed by atoms with Gasteiger partial charge in [-0.3, -0.25) is 0 Å². The number of hydrogen-bond acceptors (Lipinski definition) is 8. The van der Waals surface area contributed by atoms with Crippen LogP contribution < -0.4 is 4.74 Å². The maximum Gasteiger partial charge on any atom is 0.259 e. The molecular weight excluding hydrogens is 316 g/mol. The van der Waals surface area contributed by atoms with Gasteiger partial charge in [0.15, 0.2) is 5.01 Å². The van der Waals surface area contributed by atoms with Gasteiger partial charge >= 0.3 is 0 Å². The molecule has 0 spiro atoms. The van der Waals surface area contributed by atoms with Gasteiger partial charge in [0.25, 0.3) is 5.89 Å². The van der Waals surface area contributed by atoms with Crippen LogP contribution in [0, 0.1) is 0 Å². The number of ether oxygens (including phenoxy) is 1. The molecule has 4 rings (SSSR count). The highest BCUT2D eigenvalue weighted by Crippen LogP contribution is 2.34. The van der Waals surface area contributed by atoms with E-state index in [2.05, 4.69) is 20.1 Å². The largest absolute Gasteiger partial charge is 0.469 e. The minimum atomic E-state index is -0.649. The van der Waals surface area contributed by atoms with Crippen LogP contribution in [0.5, 0.6) is 5.88 Å². The van der Waals surface area contributed by atoms with Crippen LogP contribution in [0.3, 0.4) is 0 Å². The van der Waals surface area contributed by atoms with E-state index in [0.29, 0.717) is 34.6 Å². The van der Waals surface area contributed by atoms with Crippen LogP contribution in [0.25, 0.3) is 22.3 Å². The molecule has 1 aliphatic rings. The van der Waals surface area contributed by atoms with Crippen LogP contribution >= 0.6 is 11.3 Å². The second kappa shape index (κ2) is 5.10. The smallest absolute Gasteiger partial charge is 0.259 e. The third kappa shape index (κ3) is 2.49. The second-order valence-electron chi connectivity index (χ2n) is 5.87. The van der Waals surface area contributed by atoms with Gasteiger partial charge in [-0.1, -0.05) is 5.16 Å². The van der Waals surface area contributed by atoms with E-state index in [9.17, 15) is 5.11 Å². The molecule has 0 amide bonds. The number of thiazole rings is 1. The first kappa shape index (κ1) is 14.3. The molecule has 0 unspecified atom stereocenters. The minimum absolute atomic E-state index is 0.366. The zero-order valence-corrected chi connectivity index (χ0v) is 13.4. The molecule has 0 aromatic carbocycles. The summed E-state index contributed by atoms with van der Waals surface area (Å²) in [5, 5.41) is 16.7. The van der Waals surface area contributed by atoms with E-state index in [1.54, 1.807) is 12.4 Å². The Labute approximate surface area is 136 Å². The van der Waals surface area contributed by atoms with E-state index in [-0.39, 0.29) is 0 Å². The van der Waals surface area contributed by atoms with Gasteiger partial charge in [-0.25, -0.2) is 9.97 Å². The van der Waals surface area contributed by atoms with E-state index in [4.69, 9.17) is 9.26 Å². The van der Waals surface area contributed by atoms with E-state index in [1.807, 2.05) is 25.3 Å². The van der Waals surface area contributed by atoms with Gasteiger partial charge in [0.2, 0.25) is 11.7 Å². The van der Waals surface area contributed by atoms with Crippen molar-refractivity contribution in [3.05, 3.63) is 29.4 Å². The molecule has 8 heteroatoms. The van der Waals surface area contributed by atoms with Crippen LogP contribution in [0.2, 0.25) is 0 Å². The quantitative estimate of drug-likeness (QED) is 0.770. The Bertz CT molecular complexity index is 844. The van der Waals surface area contributed by atoms with Crippen molar-refractivity contribution in [1.82, 2.24) is 20.1 Å². The molecule has 1 atom stereocenters. The van der Waals surface area contributed by atoms with Crippen molar-refractivity contribution in [2.24, 2.45) is 0 Å². The van der Waals surface area contributed by atoms with Gasteiger partial charge in [0, 0.05) is 29.8 Å². The van der Waals surface area contributed by atoms with Gasteiger partial charge in [0.05, 0.1) is 11.7 Å². The van der Waals surface area contributed by atoms with E-state index in [0.717, 1.165) is 5.56 Å². The lowest BCUT2D eigenvalue weighted by Gasteiger charge is -2.36. The highest BCUT2D eigenvalue weighted by molar-refractivity contribution is 7.12. The lowest BCUT2D eigenvalue weighted by molar-refractivity contribution is -0.0442. The lowest BCUT2D eigenvalue weighted by Crippen LogP contribution is -2.46. The van der Waals surface area contributed by atoms with Crippen molar-refractivity contribution in [2.75, 3.05) is 0 Å². The summed E-state index contributed by atoms with van der Waals surface area (Å²) in [5.41, 5.74) is 0.863. The van der Waals surface area contributed by atoms with Crippen LogP contribution in [-0.4, -0.2) is 36.9 Å². The zero-order valence-electron chi connectivity index (χ0n) is 12.6. The number of rotatable bonds is 2. The number of pyridine rings is 1. The molecule has 0 bridgehead atoms. The molecule has 3 aromatic heterocycles. The molecule has 1 aliphatic heterocycles. The van der Waals surface area contributed by atoms with Crippen molar-refractivity contribution in [2.45, 2.75) is 32.0 Å². The Kier molecular flexibility index (Phi) is 3.17. The summed E-state index contributed by atoms with van der Waals surface area (Å²) in [6, 6.07) is 1.86. The standard InChI is InChI=1S/C15H14N4O3S/c1-15(2)10(20)6-8-5-9(7-17-12(8)21-15)13-18-11(19-22-13)14-16-3-4-23-14/h3-5,7,10,20H,6H2,1-2H3/t10-/m1/s1. The molecule has 3 aromatic rings. The summed E-state index contributed by atoms with van der Waals surface area (Å²) in [6.45, 7) is 3.68. The van der Waals surface area contributed by atoms with Crippen LogP contribution in [0.15, 0.2) is 28.4 Å². The number of aliphatic hydroxyl groups excluding tert-OH is 1. The average molecular weight is 330 g/mol. The Morgan fingerprint density at radius 1 is 1.35 bits per heavy atom. The van der Waals surface area contributed by atoms with Crippen molar-refractivity contribution in [3.8, 4) is 28.2 Å². The van der Waals surface area contributed by atoms with Crippen molar-refractivity contribution < 1.29 is 14.4 Å². The molecular formula is C15H14N4O3S. The van der Waals surface area contributed by atoms with Gasteiger partial charge in [-0.05, 0) is 19.9 Å². The predicted molar refractivity (Wildman–Crippen MR) is 83.1 cm³/mol. The van der Waals surface area contributed by atoms with Crippen LogP contribution in [0.1, 0.15) is 19.4 Å². The second-order valence-corrected chi connectivity index (χ2v) is 6.77. The fraction of sp³-hybridized carbons (Fsp3) is 0.333. The Morgan fingerprint density at radius 2 is 2.22 bits per heavy atom. The van der Waals surface area contributed by atoms with E-state index < -0.39 is 11.7 Å². The first-order valence-corrected chi connectivity index (χ1v) is 8.01. The molecule has 118 valence electrons. The first-order valence-electron chi connectivity index (χ1n) is 7.13. The SMILES string of the molecule is CC1(C)Oc2ncc(-c3nc(-c4nccs4)no3)cc2C[C@H]1O. The molecule has 0 radical (unpaired) electrons. The molecule has 4 heterocycles. The molecule has 0 fully saturated rings. The topological polar surface area (TPSA) is 94.2 Å². The zero-order chi connectivity index (χ0) is 16.0. The molecule has 1 N–H and O–H groups in total. The first-order chi connectivity index (χ1) is 11.0. The summed E-state index contributed by atoms with van der Waals surface area (Å²) in [6.07, 6.45) is 3.19. The van der Waals surface area contributed by atoms with Crippen LogP contribution in [-0.2, 0) is 6.42 Å². The Balaban J connectivity index is 1.68. The third-order valence-electron chi connectivity index (χ3n) is 3.80. The fourth-order valence-electron chi connectivity index (χ4n) is 2.39. The predicted octanol–water partition coefficient (Wildman–Crippen LogP) is 2.33. The molecule has 0 saturated carbocycles. The summed E-state index contributed by atoms with van der Waals surface area (Å²) >= 11 is 1.44. The number of hydrogen-bond donors (Lipinski definition) is 1. The maximum absolute atomic E-state index is 10.2. The Morgan fingerprint density at radius 3 is 3.00 bits per heavy atom. The number of nitrogens with zero attached hydrogens (tertiary/aromatic N) is 4. The number of aromatic nitrogens is 4. The van der Waals surface area contributed by atoms with E-state index in [1.165, 1.54) is 11.3 Å². The molecule has 0 saturated heterocycles. The average Bonchev–Trinajstić information content (AvgIpc) is 3.18. The highest BCUT2D eigenvalue weighted by atomic mass is 32.1. The maximum atomic E-state index is 10.2. The Hall–Kier alpha value is -2.32. The summed E-state index contributed by atoms with van der Waals surface area (Å²) in [4.78, 5) is 12.8. The van der Waals surface area contributed by atoms with Gasteiger partial charge in [0.1, 0.15) is 5.60 Å². The van der Waals surface area contributed by atoms with Crippen molar-refractivity contribution >= 4 is 11.3 Å². The molecule has 23 heavy (non-hydrogen) atoms. The van der Waals surface area contributed by atoms with Gasteiger partial charge < -0.3 is 14.4 Å². The molecule has 7 nitrogen and oxygen atoms in total. The third-order valence-corrected chi connectivity index (χ3v) is 4.57. The van der Waals surface area contributed by atoms with E-state index >= 15 is 0 Å². The summed E-state index contributed by atoms with van der Waals surface area (Å²) in [5.74, 6) is 1.35. The summed E-state index contributed by atoms with van der Waals surface area (Å²) < 4.78 is 11.0. The van der Waals surface area contributed by atoms with Crippen LogP contribution in [0.4, 0.5) is 0 Å². The van der Waals surface area contributed by atoms with Crippen molar-refractivity contribution in [3.63, 3.8) is 0 Å². The minimum Gasteiger partial charge on any atom is -0.469 e. The highest BCUT2D eigenvalue weighted by Gasteiger charge is 2.36. The number of fused-ring (bicyclic) bond motifs is 1.